The monoisotopic (exact) mass is 237 g/mol. The molecule has 2 heteroatoms. The van der Waals surface area contributed by atoms with E-state index in [2.05, 4.69) is 36.2 Å². The van der Waals surface area contributed by atoms with E-state index in [4.69, 9.17) is 4.42 Å². The first-order valence-corrected chi connectivity index (χ1v) is 6.22. The van der Waals surface area contributed by atoms with Crippen molar-refractivity contribution in [2.45, 2.75) is 19.3 Å². The fourth-order valence-electron chi connectivity index (χ4n) is 2.17. The van der Waals surface area contributed by atoms with E-state index in [0.717, 1.165) is 23.4 Å². The van der Waals surface area contributed by atoms with E-state index in [1.807, 2.05) is 30.3 Å². The standard InChI is InChI=1S/C16H15NO/c1-12(13-7-3-2-4-8-13)11-16-17-14-9-5-6-10-15(14)18-16/h2-10,12H,11H2,1H3/t12-/m1/s1. The third-order valence-electron chi connectivity index (χ3n) is 3.19. The van der Waals surface area contributed by atoms with Gasteiger partial charge < -0.3 is 4.42 Å². The Labute approximate surface area is 106 Å². The van der Waals surface area contributed by atoms with Crippen LogP contribution in [0.25, 0.3) is 11.1 Å². The Kier molecular flexibility index (Phi) is 2.85. The maximum Gasteiger partial charge on any atom is 0.196 e. The number of para-hydroxylation sites is 2. The molecular weight excluding hydrogens is 222 g/mol. The largest absolute Gasteiger partial charge is 0.441 e. The predicted octanol–water partition coefficient (Wildman–Crippen LogP) is 4.17. The van der Waals surface area contributed by atoms with Crippen molar-refractivity contribution < 1.29 is 4.42 Å². The molecule has 3 aromatic rings. The van der Waals surface area contributed by atoms with Crippen LogP contribution in [-0.4, -0.2) is 4.98 Å². The molecule has 0 aliphatic heterocycles. The van der Waals surface area contributed by atoms with Gasteiger partial charge in [0.1, 0.15) is 5.52 Å². The second kappa shape index (κ2) is 4.65. The lowest BCUT2D eigenvalue weighted by Crippen LogP contribution is -1.98. The van der Waals surface area contributed by atoms with E-state index in [1.165, 1.54) is 5.56 Å². The molecule has 3 rings (SSSR count). The zero-order chi connectivity index (χ0) is 12.4. The van der Waals surface area contributed by atoms with Gasteiger partial charge in [0, 0.05) is 6.42 Å². The van der Waals surface area contributed by atoms with Crippen LogP contribution in [0.15, 0.2) is 59.0 Å². The molecule has 90 valence electrons. The third-order valence-corrected chi connectivity index (χ3v) is 3.19. The molecule has 18 heavy (non-hydrogen) atoms. The molecular formula is C16H15NO. The molecule has 0 N–H and O–H groups in total. The molecule has 0 fully saturated rings. The van der Waals surface area contributed by atoms with Crippen LogP contribution in [0, 0.1) is 0 Å². The lowest BCUT2D eigenvalue weighted by molar-refractivity contribution is 0.508. The lowest BCUT2D eigenvalue weighted by atomic mass is 9.98. The van der Waals surface area contributed by atoms with Gasteiger partial charge in [-0.25, -0.2) is 4.98 Å². The summed E-state index contributed by atoms with van der Waals surface area (Å²) in [4.78, 5) is 4.51. The second-order valence-corrected chi connectivity index (χ2v) is 4.59. The van der Waals surface area contributed by atoms with Crippen molar-refractivity contribution in [1.82, 2.24) is 4.98 Å². The third kappa shape index (κ3) is 2.14. The van der Waals surface area contributed by atoms with E-state index < -0.39 is 0 Å². The van der Waals surface area contributed by atoms with Gasteiger partial charge in [0.15, 0.2) is 11.5 Å². The minimum atomic E-state index is 0.416. The van der Waals surface area contributed by atoms with Crippen LogP contribution in [0.5, 0.6) is 0 Å². The quantitative estimate of drug-likeness (QED) is 0.683. The van der Waals surface area contributed by atoms with Crippen molar-refractivity contribution in [3.05, 3.63) is 66.1 Å². The number of aromatic nitrogens is 1. The van der Waals surface area contributed by atoms with E-state index in [0.29, 0.717) is 5.92 Å². The van der Waals surface area contributed by atoms with Crippen LogP contribution < -0.4 is 0 Å². The Hall–Kier alpha value is -2.09. The summed E-state index contributed by atoms with van der Waals surface area (Å²) in [5, 5.41) is 0. The van der Waals surface area contributed by atoms with Gasteiger partial charge in [-0.1, -0.05) is 49.4 Å². The molecule has 0 aliphatic rings. The first kappa shape index (κ1) is 11.0. The van der Waals surface area contributed by atoms with Crippen molar-refractivity contribution in [2.24, 2.45) is 0 Å². The summed E-state index contributed by atoms with van der Waals surface area (Å²) in [7, 11) is 0. The van der Waals surface area contributed by atoms with E-state index in [1.54, 1.807) is 0 Å². The fourth-order valence-corrected chi connectivity index (χ4v) is 2.17. The molecule has 0 bridgehead atoms. The van der Waals surface area contributed by atoms with E-state index in [-0.39, 0.29) is 0 Å². The normalized spacial score (nSPS) is 12.7. The first-order valence-electron chi connectivity index (χ1n) is 6.22. The van der Waals surface area contributed by atoms with Gasteiger partial charge in [-0.05, 0) is 23.6 Å². The lowest BCUT2D eigenvalue weighted by Gasteiger charge is -2.08. The van der Waals surface area contributed by atoms with Gasteiger partial charge >= 0.3 is 0 Å². The number of hydrogen-bond acceptors (Lipinski definition) is 2. The zero-order valence-electron chi connectivity index (χ0n) is 10.3. The predicted molar refractivity (Wildman–Crippen MR) is 72.6 cm³/mol. The molecule has 1 heterocycles. The number of nitrogens with zero attached hydrogens (tertiary/aromatic N) is 1. The average molecular weight is 237 g/mol. The molecule has 0 aliphatic carbocycles. The van der Waals surface area contributed by atoms with Crippen LogP contribution in [0.1, 0.15) is 24.3 Å². The molecule has 0 amide bonds. The molecule has 0 saturated heterocycles. The molecule has 0 radical (unpaired) electrons. The van der Waals surface area contributed by atoms with Gasteiger partial charge in [-0.15, -0.1) is 0 Å². The van der Waals surface area contributed by atoms with Gasteiger partial charge in [-0.2, -0.15) is 0 Å². The van der Waals surface area contributed by atoms with Crippen molar-refractivity contribution in [3.8, 4) is 0 Å². The smallest absolute Gasteiger partial charge is 0.196 e. The van der Waals surface area contributed by atoms with E-state index in [9.17, 15) is 0 Å². The topological polar surface area (TPSA) is 26.0 Å². The van der Waals surface area contributed by atoms with Gasteiger partial charge in [-0.3, -0.25) is 0 Å². The van der Waals surface area contributed by atoms with Gasteiger partial charge in [0.2, 0.25) is 0 Å². The van der Waals surface area contributed by atoms with Crippen molar-refractivity contribution >= 4 is 11.1 Å². The van der Waals surface area contributed by atoms with Crippen LogP contribution in [0.3, 0.4) is 0 Å². The summed E-state index contributed by atoms with van der Waals surface area (Å²) in [6.07, 6.45) is 0.832. The molecule has 2 aromatic carbocycles. The van der Waals surface area contributed by atoms with Crippen molar-refractivity contribution in [2.75, 3.05) is 0 Å². The number of oxazole rings is 1. The Morgan fingerprint density at radius 1 is 1.00 bits per heavy atom. The number of hydrogen-bond donors (Lipinski definition) is 0. The number of rotatable bonds is 3. The minimum absolute atomic E-state index is 0.416. The van der Waals surface area contributed by atoms with Crippen LogP contribution in [0.2, 0.25) is 0 Å². The van der Waals surface area contributed by atoms with Crippen LogP contribution >= 0.6 is 0 Å². The Balaban J connectivity index is 1.84. The molecule has 1 atom stereocenters. The first-order chi connectivity index (χ1) is 8.83. The summed E-state index contributed by atoms with van der Waals surface area (Å²) >= 11 is 0. The Morgan fingerprint density at radius 2 is 1.72 bits per heavy atom. The highest BCUT2D eigenvalue weighted by Gasteiger charge is 2.11. The highest BCUT2D eigenvalue weighted by atomic mass is 16.3. The summed E-state index contributed by atoms with van der Waals surface area (Å²) < 4.78 is 5.75. The van der Waals surface area contributed by atoms with Crippen LogP contribution in [0.4, 0.5) is 0 Å². The number of fused-ring (bicyclic) bond motifs is 1. The molecule has 0 saturated carbocycles. The highest BCUT2D eigenvalue weighted by molar-refractivity contribution is 5.72. The molecule has 0 spiro atoms. The summed E-state index contributed by atoms with van der Waals surface area (Å²) in [5.41, 5.74) is 3.13. The minimum Gasteiger partial charge on any atom is -0.441 e. The van der Waals surface area contributed by atoms with Gasteiger partial charge in [0.05, 0.1) is 0 Å². The highest BCUT2D eigenvalue weighted by Crippen LogP contribution is 2.22. The SMILES string of the molecule is C[C@H](Cc1nc2ccccc2o1)c1ccccc1. The van der Waals surface area contributed by atoms with Gasteiger partial charge in [0.25, 0.3) is 0 Å². The average Bonchev–Trinajstić information content (AvgIpc) is 2.82. The summed E-state index contributed by atoms with van der Waals surface area (Å²) in [6, 6.07) is 18.4. The Morgan fingerprint density at radius 3 is 2.50 bits per heavy atom. The maximum atomic E-state index is 5.75. The zero-order valence-corrected chi connectivity index (χ0v) is 10.3. The second-order valence-electron chi connectivity index (χ2n) is 4.59. The Bertz CT molecular complexity index is 609. The molecule has 2 nitrogen and oxygen atoms in total. The van der Waals surface area contributed by atoms with Crippen molar-refractivity contribution in [3.63, 3.8) is 0 Å². The molecule has 0 unspecified atom stereocenters. The summed E-state index contributed by atoms with van der Waals surface area (Å²) in [6.45, 7) is 2.20. The van der Waals surface area contributed by atoms with Crippen molar-refractivity contribution in [1.29, 1.82) is 0 Å². The fraction of sp³-hybridized carbons (Fsp3) is 0.188. The van der Waals surface area contributed by atoms with Crippen LogP contribution in [-0.2, 0) is 6.42 Å². The molecule has 1 aromatic heterocycles. The van der Waals surface area contributed by atoms with E-state index >= 15 is 0 Å². The number of benzene rings is 2. The summed E-state index contributed by atoms with van der Waals surface area (Å²) in [5.74, 6) is 1.23. The maximum absolute atomic E-state index is 5.75.